The number of nitrogens with one attached hydrogen (secondary N) is 1. The van der Waals surface area contributed by atoms with Gasteiger partial charge in [0.1, 0.15) is 0 Å². The first-order chi connectivity index (χ1) is 8.78. The molecule has 1 aromatic heterocycles. The summed E-state index contributed by atoms with van der Waals surface area (Å²) in [6.07, 6.45) is 5.13. The zero-order valence-electron chi connectivity index (χ0n) is 10.1. The molecule has 1 saturated carbocycles. The van der Waals surface area contributed by atoms with Gasteiger partial charge < -0.3 is 5.43 Å². The van der Waals surface area contributed by atoms with E-state index in [1.54, 1.807) is 0 Å². The molecule has 0 spiro atoms. The maximum Gasteiger partial charge on any atom is 0.0727 e. The average molecular weight is 306 g/mol. The number of anilines is 1. The van der Waals surface area contributed by atoms with Crippen molar-refractivity contribution in [3.8, 4) is 0 Å². The Morgan fingerprint density at radius 2 is 2.00 bits per heavy atom. The predicted molar refractivity (Wildman–Crippen MR) is 78.5 cm³/mol. The predicted octanol–water partition coefficient (Wildman–Crippen LogP) is 3.94. The van der Waals surface area contributed by atoms with Crippen LogP contribution in [0.3, 0.4) is 0 Å². The van der Waals surface area contributed by atoms with Gasteiger partial charge in [0, 0.05) is 21.5 Å². The SMILES string of the molecule is NNc1cc(C2CCCC2)nc2ccc(Br)cc12. The van der Waals surface area contributed by atoms with E-state index in [1.807, 2.05) is 12.1 Å². The summed E-state index contributed by atoms with van der Waals surface area (Å²) in [4.78, 5) is 4.79. The van der Waals surface area contributed by atoms with Crippen LogP contribution in [0.2, 0.25) is 0 Å². The van der Waals surface area contributed by atoms with E-state index in [9.17, 15) is 0 Å². The molecule has 0 radical (unpaired) electrons. The van der Waals surface area contributed by atoms with Gasteiger partial charge in [-0.2, -0.15) is 0 Å². The fraction of sp³-hybridized carbons (Fsp3) is 0.357. The second-order valence-electron chi connectivity index (χ2n) is 4.88. The number of hydrazine groups is 1. The van der Waals surface area contributed by atoms with Crippen molar-refractivity contribution in [3.63, 3.8) is 0 Å². The molecule has 0 unspecified atom stereocenters. The van der Waals surface area contributed by atoms with E-state index in [-0.39, 0.29) is 0 Å². The number of aromatic nitrogens is 1. The highest BCUT2D eigenvalue weighted by Crippen LogP contribution is 2.36. The molecule has 1 heterocycles. The summed E-state index contributed by atoms with van der Waals surface area (Å²) >= 11 is 3.48. The molecule has 0 bridgehead atoms. The van der Waals surface area contributed by atoms with E-state index < -0.39 is 0 Å². The largest absolute Gasteiger partial charge is 0.323 e. The van der Waals surface area contributed by atoms with Crippen LogP contribution in [0.1, 0.15) is 37.3 Å². The van der Waals surface area contributed by atoms with Gasteiger partial charge in [-0.05, 0) is 37.1 Å². The monoisotopic (exact) mass is 305 g/mol. The van der Waals surface area contributed by atoms with Crippen LogP contribution in [0, 0.1) is 0 Å². The number of nitrogen functional groups attached to an aromatic ring is 1. The molecular weight excluding hydrogens is 290 g/mol. The lowest BCUT2D eigenvalue weighted by molar-refractivity contribution is 0.701. The maximum atomic E-state index is 5.64. The molecule has 1 aromatic carbocycles. The quantitative estimate of drug-likeness (QED) is 0.652. The van der Waals surface area contributed by atoms with E-state index in [0.29, 0.717) is 5.92 Å². The van der Waals surface area contributed by atoms with Gasteiger partial charge in [0.25, 0.3) is 0 Å². The molecule has 0 amide bonds. The molecule has 1 aliphatic carbocycles. The molecule has 0 aliphatic heterocycles. The van der Waals surface area contributed by atoms with Crippen LogP contribution in [-0.2, 0) is 0 Å². The van der Waals surface area contributed by atoms with Crippen LogP contribution < -0.4 is 11.3 Å². The summed E-state index contributed by atoms with van der Waals surface area (Å²) in [7, 11) is 0. The molecule has 2 aromatic rings. The number of nitrogens with two attached hydrogens (primary N) is 1. The first-order valence-electron chi connectivity index (χ1n) is 6.35. The van der Waals surface area contributed by atoms with Crippen molar-refractivity contribution in [2.24, 2.45) is 5.84 Å². The number of halogens is 1. The fourth-order valence-corrected chi connectivity index (χ4v) is 3.13. The Bertz CT molecular complexity index is 577. The van der Waals surface area contributed by atoms with Crippen LogP contribution in [0.4, 0.5) is 5.69 Å². The first kappa shape index (κ1) is 11.9. The van der Waals surface area contributed by atoms with Crippen molar-refractivity contribution >= 4 is 32.5 Å². The van der Waals surface area contributed by atoms with Gasteiger partial charge in [-0.1, -0.05) is 28.8 Å². The van der Waals surface area contributed by atoms with E-state index >= 15 is 0 Å². The van der Waals surface area contributed by atoms with Gasteiger partial charge in [-0.15, -0.1) is 0 Å². The standard InChI is InChI=1S/C14H16BrN3/c15-10-5-6-12-11(7-10)14(18-16)8-13(17-12)9-3-1-2-4-9/h5-9H,1-4,16H2,(H,17,18). The molecule has 18 heavy (non-hydrogen) atoms. The highest BCUT2D eigenvalue weighted by Gasteiger charge is 2.19. The number of hydrogen-bond donors (Lipinski definition) is 2. The smallest absolute Gasteiger partial charge is 0.0727 e. The highest BCUT2D eigenvalue weighted by molar-refractivity contribution is 9.10. The molecule has 3 nitrogen and oxygen atoms in total. The van der Waals surface area contributed by atoms with Gasteiger partial charge >= 0.3 is 0 Å². The summed E-state index contributed by atoms with van der Waals surface area (Å²) in [5, 5.41) is 1.06. The summed E-state index contributed by atoms with van der Waals surface area (Å²) in [5.74, 6) is 6.24. The third-order valence-corrected chi connectivity index (χ3v) is 4.21. The molecule has 1 fully saturated rings. The normalized spacial score (nSPS) is 16.3. The van der Waals surface area contributed by atoms with Crippen molar-refractivity contribution in [3.05, 3.63) is 34.4 Å². The molecule has 4 heteroatoms. The van der Waals surface area contributed by atoms with E-state index in [4.69, 9.17) is 10.8 Å². The van der Waals surface area contributed by atoms with Crippen LogP contribution in [0.15, 0.2) is 28.7 Å². The average Bonchev–Trinajstić information content (AvgIpc) is 2.91. The molecule has 3 N–H and O–H groups in total. The Labute approximate surface area is 115 Å². The summed E-state index contributed by atoms with van der Waals surface area (Å²) < 4.78 is 1.04. The molecule has 0 saturated heterocycles. The van der Waals surface area contributed by atoms with Gasteiger partial charge in [0.15, 0.2) is 0 Å². The lowest BCUT2D eigenvalue weighted by Crippen LogP contribution is -2.09. The second-order valence-corrected chi connectivity index (χ2v) is 5.80. The zero-order chi connectivity index (χ0) is 12.5. The third-order valence-electron chi connectivity index (χ3n) is 3.72. The number of hydrogen-bond acceptors (Lipinski definition) is 3. The molecule has 3 rings (SSSR count). The van der Waals surface area contributed by atoms with E-state index in [0.717, 1.165) is 21.1 Å². The summed E-state index contributed by atoms with van der Waals surface area (Å²) in [6, 6.07) is 8.22. The van der Waals surface area contributed by atoms with Crippen molar-refractivity contribution in [2.45, 2.75) is 31.6 Å². The van der Waals surface area contributed by atoms with Crippen LogP contribution >= 0.6 is 15.9 Å². The fourth-order valence-electron chi connectivity index (χ4n) is 2.77. The second kappa shape index (κ2) is 4.86. The minimum absolute atomic E-state index is 0.602. The molecule has 1 aliphatic rings. The van der Waals surface area contributed by atoms with E-state index in [1.165, 1.54) is 31.4 Å². The number of fused-ring (bicyclic) bond motifs is 1. The lowest BCUT2D eigenvalue weighted by atomic mass is 10.0. The van der Waals surface area contributed by atoms with Gasteiger partial charge in [0.2, 0.25) is 0 Å². The molecule has 0 atom stereocenters. The molecule has 94 valence electrons. The van der Waals surface area contributed by atoms with Crippen LogP contribution in [-0.4, -0.2) is 4.98 Å². The molecular formula is C14H16BrN3. The Hall–Kier alpha value is -1.13. The topological polar surface area (TPSA) is 50.9 Å². The number of nitrogens with zero attached hydrogens (tertiary/aromatic N) is 1. The van der Waals surface area contributed by atoms with E-state index in [2.05, 4.69) is 33.5 Å². The zero-order valence-corrected chi connectivity index (χ0v) is 11.7. The summed E-state index contributed by atoms with van der Waals surface area (Å²) in [5.41, 5.74) is 5.95. The maximum absolute atomic E-state index is 5.64. The Morgan fingerprint density at radius 1 is 1.22 bits per heavy atom. The van der Waals surface area contributed by atoms with Crippen molar-refractivity contribution < 1.29 is 0 Å². The van der Waals surface area contributed by atoms with Crippen molar-refractivity contribution in [1.82, 2.24) is 4.98 Å². The third kappa shape index (κ3) is 2.10. The van der Waals surface area contributed by atoms with Crippen LogP contribution in [0.25, 0.3) is 10.9 Å². The van der Waals surface area contributed by atoms with Gasteiger partial charge in [-0.25, -0.2) is 0 Å². The highest BCUT2D eigenvalue weighted by atomic mass is 79.9. The Morgan fingerprint density at radius 3 is 2.72 bits per heavy atom. The Balaban J connectivity index is 2.15. The number of rotatable bonds is 2. The summed E-state index contributed by atoms with van der Waals surface area (Å²) in [6.45, 7) is 0. The number of benzene rings is 1. The van der Waals surface area contributed by atoms with Crippen LogP contribution in [0.5, 0.6) is 0 Å². The minimum atomic E-state index is 0.602. The number of pyridine rings is 1. The van der Waals surface area contributed by atoms with Crippen molar-refractivity contribution in [2.75, 3.05) is 5.43 Å². The first-order valence-corrected chi connectivity index (χ1v) is 7.14. The minimum Gasteiger partial charge on any atom is -0.323 e. The van der Waals surface area contributed by atoms with Crippen molar-refractivity contribution in [1.29, 1.82) is 0 Å². The van der Waals surface area contributed by atoms with Gasteiger partial charge in [0.05, 0.1) is 11.2 Å². The lowest BCUT2D eigenvalue weighted by Gasteiger charge is -2.13. The Kier molecular flexibility index (Phi) is 3.22. The van der Waals surface area contributed by atoms with Gasteiger partial charge in [-0.3, -0.25) is 10.8 Å².